The van der Waals surface area contributed by atoms with Crippen LogP contribution in [0.2, 0.25) is 0 Å². The summed E-state index contributed by atoms with van der Waals surface area (Å²) in [6.45, 7) is 5.03. The van der Waals surface area contributed by atoms with Gasteiger partial charge in [0, 0.05) is 19.0 Å². The number of para-hydroxylation sites is 2. The first kappa shape index (κ1) is 10.0. The van der Waals surface area contributed by atoms with Gasteiger partial charge in [-0.1, -0.05) is 12.1 Å². The van der Waals surface area contributed by atoms with Crippen molar-refractivity contribution < 1.29 is 4.79 Å². The summed E-state index contributed by atoms with van der Waals surface area (Å²) in [4.78, 5) is 13.2. The molecule has 80 valence electrons. The van der Waals surface area contributed by atoms with E-state index in [2.05, 4.69) is 19.2 Å². The van der Waals surface area contributed by atoms with E-state index < -0.39 is 0 Å². The molecule has 3 heteroatoms. The quantitative estimate of drug-likeness (QED) is 0.766. The van der Waals surface area contributed by atoms with E-state index >= 15 is 0 Å². The molecule has 3 nitrogen and oxygen atoms in total. The van der Waals surface area contributed by atoms with E-state index in [1.165, 1.54) is 0 Å². The van der Waals surface area contributed by atoms with Crippen LogP contribution in [0.3, 0.4) is 0 Å². The number of nitrogens with zero attached hydrogens (tertiary/aromatic N) is 1. The number of benzene rings is 1. The summed E-state index contributed by atoms with van der Waals surface area (Å²) in [7, 11) is 0. The van der Waals surface area contributed by atoms with Gasteiger partial charge in [-0.25, -0.2) is 0 Å². The summed E-state index contributed by atoms with van der Waals surface area (Å²) in [6, 6.07) is 8.33. The first-order valence-corrected chi connectivity index (χ1v) is 5.34. The van der Waals surface area contributed by atoms with Crippen LogP contribution in [0.1, 0.15) is 20.3 Å². The third-order valence-electron chi connectivity index (χ3n) is 2.49. The Morgan fingerprint density at radius 2 is 2.07 bits per heavy atom. The van der Waals surface area contributed by atoms with E-state index in [4.69, 9.17) is 0 Å². The van der Waals surface area contributed by atoms with Crippen LogP contribution in [-0.2, 0) is 4.79 Å². The minimum absolute atomic E-state index is 0.216. The summed E-state index contributed by atoms with van der Waals surface area (Å²) < 4.78 is 0. The van der Waals surface area contributed by atoms with Crippen molar-refractivity contribution in [3.05, 3.63) is 24.3 Å². The van der Waals surface area contributed by atoms with Crippen LogP contribution in [0, 0.1) is 0 Å². The van der Waals surface area contributed by atoms with E-state index in [1.54, 1.807) is 0 Å². The number of rotatable bonds is 3. The van der Waals surface area contributed by atoms with Crippen molar-refractivity contribution in [3.8, 4) is 0 Å². The van der Waals surface area contributed by atoms with Crippen LogP contribution >= 0.6 is 0 Å². The molecule has 1 saturated heterocycles. The predicted molar refractivity (Wildman–Crippen MR) is 62.2 cm³/mol. The van der Waals surface area contributed by atoms with Crippen LogP contribution in [0.5, 0.6) is 0 Å². The monoisotopic (exact) mass is 204 g/mol. The molecule has 1 fully saturated rings. The Morgan fingerprint density at radius 3 is 2.60 bits per heavy atom. The summed E-state index contributed by atoms with van der Waals surface area (Å²) in [5.74, 6) is 0.216. The molecule has 15 heavy (non-hydrogen) atoms. The van der Waals surface area contributed by atoms with Crippen LogP contribution in [0.4, 0.5) is 11.4 Å². The number of carbonyl (C=O) groups is 1. The van der Waals surface area contributed by atoms with Crippen molar-refractivity contribution in [1.29, 1.82) is 0 Å². The Hall–Kier alpha value is -1.51. The molecular formula is C12H16N2O. The molecule has 0 saturated carbocycles. The molecule has 0 bridgehead atoms. The molecule has 1 heterocycles. The van der Waals surface area contributed by atoms with Gasteiger partial charge in [-0.2, -0.15) is 0 Å². The number of hydrogen-bond acceptors (Lipinski definition) is 2. The summed E-state index contributed by atoms with van der Waals surface area (Å²) in [5, 5.41) is 3.35. The zero-order chi connectivity index (χ0) is 10.8. The SMILES string of the molecule is CC(C)Nc1ccccc1N1CCC1=O. The molecule has 1 aromatic rings. The average molecular weight is 204 g/mol. The van der Waals surface area contributed by atoms with Gasteiger partial charge in [0.15, 0.2) is 0 Å². The maximum absolute atomic E-state index is 11.4. The molecule has 2 rings (SSSR count). The van der Waals surface area contributed by atoms with Crippen molar-refractivity contribution in [3.63, 3.8) is 0 Å². The van der Waals surface area contributed by atoms with Gasteiger partial charge in [0.2, 0.25) is 5.91 Å². The van der Waals surface area contributed by atoms with E-state index in [-0.39, 0.29) is 5.91 Å². The van der Waals surface area contributed by atoms with Gasteiger partial charge in [0.05, 0.1) is 11.4 Å². The Labute approximate surface area is 90.1 Å². The fraction of sp³-hybridized carbons (Fsp3) is 0.417. The van der Waals surface area contributed by atoms with E-state index in [1.807, 2.05) is 29.2 Å². The molecule has 0 aliphatic carbocycles. The predicted octanol–water partition coefficient (Wildman–Crippen LogP) is 2.24. The molecule has 1 aliphatic rings. The number of β-lactam (4-membered cyclic amide) rings is 1. The van der Waals surface area contributed by atoms with Crippen molar-refractivity contribution in [2.75, 3.05) is 16.8 Å². The highest BCUT2D eigenvalue weighted by molar-refractivity contribution is 6.02. The normalized spacial score (nSPS) is 15.4. The van der Waals surface area contributed by atoms with Crippen LogP contribution < -0.4 is 10.2 Å². The third kappa shape index (κ3) is 1.96. The Kier molecular flexibility index (Phi) is 2.62. The smallest absolute Gasteiger partial charge is 0.228 e. The van der Waals surface area contributed by atoms with Crippen LogP contribution in [0.25, 0.3) is 0 Å². The molecule has 1 aromatic carbocycles. The Bertz CT molecular complexity index is 374. The second-order valence-electron chi connectivity index (χ2n) is 4.11. The molecule has 1 aliphatic heterocycles. The van der Waals surface area contributed by atoms with Gasteiger partial charge >= 0.3 is 0 Å². The van der Waals surface area contributed by atoms with Gasteiger partial charge < -0.3 is 10.2 Å². The van der Waals surface area contributed by atoms with Gasteiger partial charge in [-0.3, -0.25) is 4.79 Å². The second-order valence-corrected chi connectivity index (χ2v) is 4.11. The van der Waals surface area contributed by atoms with Gasteiger partial charge in [-0.15, -0.1) is 0 Å². The van der Waals surface area contributed by atoms with Crippen molar-refractivity contribution in [1.82, 2.24) is 0 Å². The molecule has 1 amide bonds. The molecule has 0 atom stereocenters. The molecular weight excluding hydrogens is 188 g/mol. The Morgan fingerprint density at radius 1 is 1.33 bits per heavy atom. The van der Waals surface area contributed by atoms with Gasteiger partial charge in [-0.05, 0) is 26.0 Å². The molecule has 1 N–H and O–H groups in total. The van der Waals surface area contributed by atoms with E-state index in [9.17, 15) is 4.79 Å². The first-order chi connectivity index (χ1) is 7.18. The van der Waals surface area contributed by atoms with Gasteiger partial charge in [0.25, 0.3) is 0 Å². The topological polar surface area (TPSA) is 32.3 Å². The van der Waals surface area contributed by atoms with Crippen molar-refractivity contribution >= 4 is 17.3 Å². The number of anilines is 2. The fourth-order valence-corrected chi connectivity index (χ4v) is 1.71. The van der Waals surface area contributed by atoms with Crippen molar-refractivity contribution in [2.45, 2.75) is 26.3 Å². The highest BCUT2D eigenvalue weighted by Crippen LogP contribution is 2.30. The lowest BCUT2D eigenvalue weighted by Gasteiger charge is -2.32. The summed E-state index contributed by atoms with van der Waals surface area (Å²) >= 11 is 0. The molecule has 0 radical (unpaired) electrons. The maximum Gasteiger partial charge on any atom is 0.228 e. The van der Waals surface area contributed by atoms with Crippen LogP contribution in [-0.4, -0.2) is 18.5 Å². The number of carbonyl (C=O) groups excluding carboxylic acids is 1. The lowest BCUT2D eigenvalue weighted by atomic mass is 10.1. The minimum Gasteiger partial charge on any atom is -0.381 e. The third-order valence-corrected chi connectivity index (χ3v) is 2.49. The highest BCUT2D eigenvalue weighted by atomic mass is 16.2. The minimum atomic E-state index is 0.216. The van der Waals surface area contributed by atoms with E-state index in [0.29, 0.717) is 12.5 Å². The Balaban J connectivity index is 2.25. The van der Waals surface area contributed by atoms with E-state index in [0.717, 1.165) is 17.9 Å². The molecule has 0 unspecified atom stereocenters. The fourth-order valence-electron chi connectivity index (χ4n) is 1.71. The first-order valence-electron chi connectivity index (χ1n) is 5.34. The maximum atomic E-state index is 11.4. The van der Waals surface area contributed by atoms with Crippen LogP contribution in [0.15, 0.2) is 24.3 Å². The summed E-state index contributed by atoms with van der Waals surface area (Å²) in [6.07, 6.45) is 0.677. The molecule has 0 aromatic heterocycles. The van der Waals surface area contributed by atoms with Crippen molar-refractivity contribution in [2.24, 2.45) is 0 Å². The highest BCUT2D eigenvalue weighted by Gasteiger charge is 2.26. The number of amides is 1. The second kappa shape index (κ2) is 3.93. The standard InChI is InChI=1S/C12H16N2O/c1-9(2)13-10-5-3-4-6-11(10)14-8-7-12(14)15/h3-6,9,13H,7-8H2,1-2H3. The lowest BCUT2D eigenvalue weighted by molar-refractivity contribution is -0.122. The zero-order valence-corrected chi connectivity index (χ0v) is 9.16. The summed E-state index contributed by atoms with van der Waals surface area (Å²) in [5.41, 5.74) is 2.04. The average Bonchev–Trinajstić information content (AvgIpc) is 2.18. The number of hydrogen-bond donors (Lipinski definition) is 1. The van der Waals surface area contributed by atoms with Gasteiger partial charge in [0.1, 0.15) is 0 Å². The zero-order valence-electron chi connectivity index (χ0n) is 9.16. The lowest BCUT2D eigenvalue weighted by Crippen LogP contribution is -2.43. The number of nitrogens with one attached hydrogen (secondary N) is 1. The largest absolute Gasteiger partial charge is 0.381 e. The molecule has 0 spiro atoms.